The van der Waals surface area contributed by atoms with Crippen molar-refractivity contribution in [1.82, 2.24) is 10.0 Å². The molecule has 0 spiro atoms. The molecule has 1 heterocycles. The van der Waals surface area contributed by atoms with Gasteiger partial charge in [0.1, 0.15) is 11.6 Å². The van der Waals surface area contributed by atoms with Crippen LogP contribution in [0.3, 0.4) is 0 Å². The minimum atomic E-state index is -0.910. The third kappa shape index (κ3) is 3.77. The molecule has 0 bridgehead atoms. The first-order chi connectivity index (χ1) is 13.2. The summed E-state index contributed by atoms with van der Waals surface area (Å²) >= 11 is 6.41. The predicted molar refractivity (Wildman–Crippen MR) is 104 cm³/mol. The van der Waals surface area contributed by atoms with Crippen molar-refractivity contribution in [1.29, 1.82) is 0 Å². The highest BCUT2D eigenvalue weighted by Crippen LogP contribution is 2.43. The fourth-order valence-corrected chi connectivity index (χ4v) is 3.78. The Balaban J connectivity index is 2.83. The molecule has 0 N–H and O–H groups in total. The van der Waals surface area contributed by atoms with E-state index in [0.717, 1.165) is 7.11 Å². The summed E-state index contributed by atoms with van der Waals surface area (Å²) in [6.07, 6.45) is 0. The third-order valence-corrected chi connectivity index (χ3v) is 4.86. The van der Waals surface area contributed by atoms with Gasteiger partial charge in [0.25, 0.3) is 5.91 Å². The van der Waals surface area contributed by atoms with Crippen molar-refractivity contribution in [3.8, 4) is 0 Å². The van der Waals surface area contributed by atoms with E-state index in [1.807, 2.05) is 32.7 Å². The third-order valence-electron chi connectivity index (χ3n) is 4.51. The first-order valence-corrected chi connectivity index (χ1v) is 9.32. The zero-order chi connectivity index (χ0) is 21.2. The van der Waals surface area contributed by atoms with Crippen LogP contribution in [0.25, 0.3) is 0 Å². The molecule has 0 fully saturated rings. The van der Waals surface area contributed by atoms with Crippen LogP contribution in [0.15, 0.2) is 35.4 Å². The van der Waals surface area contributed by atoms with E-state index in [1.165, 1.54) is 12.1 Å². The summed E-state index contributed by atoms with van der Waals surface area (Å²) in [5.41, 5.74) is 0.0902. The molecule has 1 aromatic rings. The minimum Gasteiger partial charge on any atom is -0.466 e. The fourth-order valence-electron chi connectivity index (χ4n) is 3.55. The highest BCUT2D eigenvalue weighted by Gasteiger charge is 2.50. The summed E-state index contributed by atoms with van der Waals surface area (Å²) < 4.78 is 9.69. The normalized spacial score (nSPS) is 17.1. The van der Waals surface area contributed by atoms with Gasteiger partial charge < -0.3 is 9.47 Å². The fraction of sp³-hybridized carbons (Fsp3) is 0.450. The number of carbonyl (C=O) groups excluding carboxylic acids is 3. The summed E-state index contributed by atoms with van der Waals surface area (Å²) in [5.74, 6) is -2.30. The molecular formula is C20H25ClN2O5. The maximum atomic E-state index is 13.4. The minimum absolute atomic E-state index is 0.0845. The molecule has 1 aromatic carbocycles. The van der Waals surface area contributed by atoms with E-state index >= 15 is 0 Å². The quantitative estimate of drug-likeness (QED) is 0.532. The number of hydrogen-bond acceptors (Lipinski definition) is 6. The number of hydrazine groups is 1. The molecule has 28 heavy (non-hydrogen) atoms. The topological polar surface area (TPSA) is 76.2 Å². The van der Waals surface area contributed by atoms with Gasteiger partial charge in [0.15, 0.2) is 0 Å². The zero-order valence-electron chi connectivity index (χ0n) is 16.9. The number of esters is 2. The molecule has 1 amide bonds. The van der Waals surface area contributed by atoms with Crippen LogP contribution in [-0.4, -0.2) is 54.2 Å². The van der Waals surface area contributed by atoms with E-state index in [0.29, 0.717) is 10.6 Å². The summed E-state index contributed by atoms with van der Waals surface area (Å²) in [6, 6.07) is 5.79. The molecule has 0 radical (unpaired) electrons. The number of amides is 1. The van der Waals surface area contributed by atoms with Crippen LogP contribution in [0.2, 0.25) is 5.02 Å². The Morgan fingerprint density at radius 3 is 2.04 bits per heavy atom. The monoisotopic (exact) mass is 408 g/mol. The van der Waals surface area contributed by atoms with Gasteiger partial charge in [-0.3, -0.25) is 9.80 Å². The van der Waals surface area contributed by atoms with Crippen LogP contribution in [0, 0.1) is 0 Å². The summed E-state index contributed by atoms with van der Waals surface area (Å²) in [5, 5.41) is 3.59. The van der Waals surface area contributed by atoms with Crippen LogP contribution < -0.4 is 0 Å². The van der Waals surface area contributed by atoms with Crippen molar-refractivity contribution in [3.05, 3.63) is 46.0 Å². The lowest BCUT2D eigenvalue weighted by Gasteiger charge is -2.42. The van der Waals surface area contributed by atoms with Gasteiger partial charge >= 0.3 is 11.9 Å². The van der Waals surface area contributed by atoms with Crippen LogP contribution in [-0.2, 0) is 23.9 Å². The maximum Gasteiger partial charge on any atom is 0.344 e. The van der Waals surface area contributed by atoms with Gasteiger partial charge in [-0.2, -0.15) is 0 Å². The van der Waals surface area contributed by atoms with Gasteiger partial charge in [-0.1, -0.05) is 29.8 Å². The second-order valence-corrected chi connectivity index (χ2v) is 7.32. The number of ether oxygens (including phenoxy) is 2. The van der Waals surface area contributed by atoms with E-state index in [9.17, 15) is 14.4 Å². The average Bonchev–Trinajstić information content (AvgIpc) is 2.93. The first-order valence-electron chi connectivity index (χ1n) is 8.94. The van der Waals surface area contributed by atoms with Crippen LogP contribution in [0.1, 0.15) is 39.3 Å². The summed E-state index contributed by atoms with van der Waals surface area (Å²) in [7, 11) is 2.36. The van der Waals surface area contributed by atoms with Crippen molar-refractivity contribution >= 4 is 29.4 Å². The van der Waals surface area contributed by atoms with Crippen molar-refractivity contribution in [2.24, 2.45) is 0 Å². The number of methoxy groups -OCH3 is 2. The van der Waals surface area contributed by atoms with Crippen molar-refractivity contribution in [3.63, 3.8) is 0 Å². The van der Waals surface area contributed by atoms with Gasteiger partial charge in [0.2, 0.25) is 0 Å². The van der Waals surface area contributed by atoms with E-state index in [1.54, 1.807) is 24.3 Å². The predicted octanol–water partition coefficient (Wildman–Crippen LogP) is 2.90. The molecule has 8 heteroatoms. The van der Waals surface area contributed by atoms with E-state index in [-0.39, 0.29) is 23.2 Å². The van der Waals surface area contributed by atoms with Gasteiger partial charge in [0, 0.05) is 17.1 Å². The Kier molecular flexibility index (Phi) is 6.85. The number of nitrogens with zero attached hydrogens (tertiary/aromatic N) is 2. The first kappa shape index (κ1) is 21.9. The van der Waals surface area contributed by atoms with Crippen LogP contribution in [0.5, 0.6) is 0 Å². The van der Waals surface area contributed by atoms with Gasteiger partial charge in [-0.05, 0) is 39.3 Å². The summed E-state index contributed by atoms with van der Waals surface area (Å²) in [6.45, 7) is 7.69. The maximum absolute atomic E-state index is 13.4. The Labute approximate surface area is 169 Å². The molecule has 2 rings (SSSR count). The smallest absolute Gasteiger partial charge is 0.344 e. The lowest BCUT2D eigenvalue weighted by Crippen LogP contribution is -2.53. The molecule has 1 unspecified atom stereocenters. The lowest BCUT2D eigenvalue weighted by atomic mass is 9.97. The van der Waals surface area contributed by atoms with Gasteiger partial charge in [0.05, 0.1) is 19.8 Å². The highest BCUT2D eigenvalue weighted by atomic mass is 35.5. The van der Waals surface area contributed by atoms with Crippen LogP contribution >= 0.6 is 11.6 Å². The van der Waals surface area contributed by atoms with Gasteiger partial charge in [-0.15, -0.1) is 0 Å². The van der Waals surface area contributed by atoms with Crippen molar-refractivity contribution in [2.75, 3.05) is 14.2 Å². The number of halogens is 1. The molecule has 0 aromatic heterocycles. The second kappa shape index (κ2) is 8.75. The molecule has 1 atom stereocenters. The van der Waals surface area contributed by atoms with Crippen LogP contribution in [0.4, 0.5) is 0 Å². The molecule has 0 saturated carbocycles. The standard InChI is InChI=1S/C20H25ClN2O5/c1-11(2)22(12(3)4)23-17(13-9-7-8-10-14(13)21)15(19(25)27-5)16(18(23)24)20(26)28-6/h7-12,17H,1-6H3. The molecule has 1 aliphatic rings. The largest absolute Gasteiger partial charge is 0.466 e. The highest BCUT2D eigenvalue weighted by molar-refractivity contribution is 6.32. The molecule has 152 valence electrons. The SMILES string of the molecule is COC(=O)C1=C(C(=O)OC)C(c2ccccc2Cl)N(N(C(C)C)C(C)C)C1=O. The Morgan fingerprint density at radius 2 is 1.57 bits per heavy atom. The summed E-state index contributed by atoms with van der Waals surface area (Å²) in [4.78, 5) is 38.5. The lowest BCUT2D eigenvalue weighted by molar-refractivity contribution is -0.158. The molecule has 7 nitrogen and oxygen atoms in total. The Hall–Kier alpha value is -2.38. The van der Waals surface area contributed by atoms with Crippen molar-refractivity contribution < 1.29 is 23.9 Å². The number of rotatable bonds is 6. The number of benzene rings is 1. The van der Waals surface area contributed by atoms with E-state index < -0.39 is 23.9 Å². The van der Waals surface area contributed by atoms with E-state index in [4.69, 9.17) is 21.1 Å². The van der Waals surface area contributed by atoms with E-state index in [2.05, 4.69) is 0 Å². The second-order valence-electron chi connectivity index (χ2n) is 6.91. The zero-order valence-corrected chi connectivity index (χ0v) is 17.6. The average molecular weight is 409 g/mol. The molecule has 1 aliphatic heterocycles. The number of carbonyl (C=O) groups is 3. The van der Waals surface area contributed by atoms with Crippen molar-refractivity contribution in [2.45, 2.75) is 45.8 Å². The Bertz CT molecular complexity index is 811. The van der Waals surface area contributed by atoms with Gasteiger partial charge in [-0.25, -0.2) is 14.6 Å². The molecular weight excluding hydrogens is 384 g/mol. The Morgan fingerprint density at radius 1 is 1.04 bits per heavy atom. The molecule has 0 aliphatic carbocycles. The number of hydrogen-bond donors (Lipinski definition) is 0. The molecule has 0 saturated heterocycles.